The second-order valence-corrected chi connectivity index (χ2v) is 10.3. The molecule has 1 amide bonds. The first-order valence-corrected chi connectivity index (χ1v) is 13.0. The molecule has 3 rings (SSSR count). The van der Waals surface area contributed by atoms with Gasteiger partial charge in [-0.15, -0.1) is 0 Å². The minimum atomic E-state index is -1.58. The summed E-state index contributed by atoms with van der Waals surface area (Å²) >= 11 is 0. The predicted octanol–water partition coefficient (Wildman–Crippen LogP) is -7.43. The summed E-state index contributed by atoms with van der Waals surface area (Å²) in [6, 6.07) is -3.95. The van der Waals surface area contributed by atoms with E-state index in [1.54, 1.807) is 0 Å². The summed E-state index contributed by atoms with van der Waals surface area (Å²) in [6.45, 7) is -0.600. The number of carbonyl (C=O) groups is 1. The van der Waals surface area contributed by atoms with Gasteiger partial charge >= 0.3 is 0 Å². The molecule has 228 valence electrons. The van der Waals surface area contributed by atoms with Gasteiger partial charge in [0.1, 0.15) is 42.7 Å². The lowest BCUT2D eigenvalue weighted by Crippen LogP contribution is -2.69. The van der Waals surface area contributed by atoms with E-state index in [1.165, 1.54) is 0 Å². The van der Waals surface area contributed by atoms with E-state index in [-0.39, 0.29) is 32.4 Å². The molecule has 0 unspecified atom stereocenters. The van der Waals surface area contributed by atoms with E-state index in [1.807, 2.05) is 0 Å². The van der Waals surface area contributed by atoms with Crippen molar-refractivity contribution in [2.24, 2.45) is 28.7 Å². The van der Waals surface area contributed by atoms with Crippen LogP contribution in [-0.2, 0) is 23.7 Å². The van der Waals surface area contributed by atoms with Gasteiger partial charge in [-0.05, 0) is 25.8 Å². The molecule has 0 aromatic carbocycles. The van der Waals surface area contributed by atoms with Gasteiger partial charge in [-0.25, -0.2) is 0 Å². The minimum absolute atomic E-state index is 0.00692. The second kappa shape index (κ2) is 14.2. The largest absolute Gasteiger partial charge is 0.394 e. The fourth-order valence-corrected chi connectivity index (χ4v) is 5.09. The van der Waals surface area contributed by atoms with Gasteiger partial charge in [0.2, 0.25) is 5.91 Å². The number of hydrogen-bond donors (Lipinski definition) is 12. The van der Waals surface area contributed by atoms with E-state index in [9.17, 15) is 35.4 Å². The fourth-order valence-electron chi connectivity index (χ4n) is 5.09. The van der Waals surface area contributed by atoms with Crippen molar-refractivity contribution in [3.8, 4) is 0 Å². The fraction of sp³-hybridized carbons (Fsp3) is 0.955. The molecule has 1 saturated carbocycles. The maximum atomic E-state index is 12.6. The Morgan fingerprint density at radius 1 is 0.897 bits per heavy atom. The summed E-state index contributed by atoms with van der Waals surface area (Å²) in [5, 5.41) is 64.4. The number of hydrogen-bond acceptors (Lipinski definition) is 16. The van der Waals surface area contributed by atoms with Crippen LogP contribution in [0.15, 0.2) is 0 Å². The van der Waals surface area contributed by atoms with Gasteiger partial charge < -0.3 is 83.6 Å². The number of amides is 1. The molecule has 2 saturated heterocycles. The number of aliphatic hydroxyl groups is 6. The molecule has 0 aromatic rings. The monoisotopic (exact) mass is 568 g/mol. The van der Waals surface area contributed by atoms with Gasteiger partial charge in [0.25, 0.3) is 0 Å². The van der Waals surface area contributed by atoms with Gasteiger partial charge in [-0.3, -0.25) is 4.79 Å². The molecule has 17 nitrogen and oxygen atoms in total. The Morgan fingerprint density at radius 3 is 2.15 bits per heavy atom. The molecule has 3 aliphatic rings. The van der Waals surface area contributed by atoms with Crippen LogP contribution in [0.5, 0.6) is 0 Å². The Labute approximate surface area is 225 Å². The molecule has 17 N–H and O–H groups in total. The normalized spacial score (nSPS) is 46.0. The van der Waals surface area contributed by atoms with E-state index < -0.39 is 104 Å². The molecule has 0 radical (unpaired) electrons. The van der Waals surface area contributed by atoms with Gasteiger partial charge in [0.05, 0.1) is 36.9 Å². The van der Waals surface area contributed by atoms with E-state index in [0.29, 0.717) is 0 Å². The van der Waals surface area contributed by atoms with Crippen LogP contribution in [0, 0.1) is 0 Å². The van der Waals surface area contributed by atoms with Gasteiger partial charge in [-0.2, -0.15) is 0 Å². The van der Waals surface area contributed by atoms with Crippen LogP contribution in [0.1, 0.15) is 19.3 Å². The lowest BCUT2D eigenvalue weighted by Gasteiger charge is -2.48. The molecule has 0 spiro atoms. The molecule has 1 aliphatic carbocycles. The highest BCUT2D eigenvalue weighted by atomic mass is 16.7. The lowest BCUT2D eigenvalue weighted by molar-refractivity contribution is -0.315. The first-order chi connectivity index (χ1) is 18.4. The van der Waals surface area contributed by atoms with Crippen LogP contribution in [-0.4, -0.2) is 148 Å². The summed E-state index contributed by atoms with van der Waals surface area (Å²) in [4.78, 5) is 12.6. The summed E-state index contributed by atoms with van der Waals surface area (Å²) in [6.07, 6.45) is -13.9. The summed E-state index contributed by atoms with van der Waals surface area (Å²) in [7, 11) is 0. The van der Waals surface area contributed by atoms with Crippen molar-refractivity contribution in [2.45, 2.75) is 111 Å². The van der Waals surface area contributed by atoms with Crippen LogP contribution in [0.25, 0.3) is 0 Å². The van der Waals surface area contributed by atoms with Crippen LogP contribution in [0.4, 0.5) is 0 Å². The molecular formula is C22H44N6O11. The third-order valence-corrected chi connectivity index (χ3v) is 7.44. The van der Waals surface area contributed by atoms with Crippen LogP contribution in [0.3, 0.4) is 0 Å². The first kappa shape index (κ1) is 32.4. The summed E-state index contributed by atoms with van der Waals surface area (Å²) < 4.78 is 23.0. The molecular weight excluding hydrogens is 524 g/mol. The molecule has 2 aliphatic heterocycles. The van der Waals surface area contributed by atoms with Gasteiger partial charge in [-0.1, -0.05) is 0 Å². The van der Waals surface area contributed by atoms with Crippen molar-refractivity contribution in [1.82, 2.24) is 5.32 Å². The van der Waals surface area contributed by atoms with Crippen molar-refractivity contribution in [1.29, 1.82) is 0 Å². The van der Waals surface area contributed by atoms with E-state index in [0.717, 1.165) is 0 Å². The minimum Gasteiger partial charge on any atom is -0.394 e. The highest BCUT2D eigenvalue weighted by Crippen LogP contribution is 2.31. The van der Waals surface area contributed by atoms with E-state index in [4.69, 9.17) is 47.6 Å². The zero-order valence-corrected chi connectivity index (χ0v) is 21.5. The molecule has 0 bridgehead atoms. The number of carbonyl (C=O) groups excluding carboxylic acids is 1. The molecule has 39 heavy (non-hydrogen) atoms. The third kappa shape index (κ3) is 7.39. The predicted molar refractivity (Wildman–Crippen MR) is 132 cm³/mol. The Bertz CT molecular complexity index is 787. The Hall–Kier alpha value is -1.13. The quantitative estimate of drug-likeness (QED) is 0.116. The summed E-state index contributed by atoms with van der Waals surface area (Å²) in [5.74, 6) is -0.791. The maximum Gasteiger partial charge on any atom is 0.249 e. The number of rotatable bonds is 10. The second-order valence-electron chi connectivity index (χ2n) is 10.3. The third-order valence-electron chi connectivity index (χ3n) is 7.44. The molecule has 2 heterocycles. The zero-order chi connectivity index (χ0) is 29.0. The first-order valence-electron chi connectivity index (χ1n) is 13.0. The maximum absolute atomic E-state index is 12.6. The average molecular weight is 569 g/mol. The summed E-state index contributed by atoms with van der Waals surface area (Å²) in [5.41, 5.74) is 29.4. The van der Waals surface area contributed by atoms with Gasteiger partial charge in [0.15, 0.2) is 12.6 Å². The smallest absolute Gasteiger partial charge is 0.249 e. The molecule has 17 heteroatoms. The molecule has 15 atom stereocenters. The van der Waals surface area contributed by atoms with Crippen LogP contribution in [0.2, 0.25) is 0 Å². The lowest BCUT2D eigenvalue weighted by atomic mass is 9.83. The highest BCUT2D eigenvalue weighted by Gasteiger charge is 2.51. The number of nitrogens with one attached hydrogen (secondary N) is 1. The average Bonchev–Trinajstić information content (AvgIpc) is 2.89. The molecule has 3 fully saturated rings. The number of aliphatic hydroxyl groups excluding tert-OH is 6. The van der Waals surface area contributed by atoms with Gasteiger partial charge in [0, 0.05) is 12.6 Å². The van der Waals surface area contributed by atoms with Crippen molar-refractivity contribution in [3.05, 3.63) is 0 Å². The Kier molecular flexibility index (Phi) is 11.8. The van der Waals surface area contributed by atoms with Crippen LogP contribution < -0.4 is 34.0 Å². The number of nitrogens with two attached hydrogens (primary N) is 5. The zero-order valence-electron chi connectivity index (χ0n) is 21.5. The number of ether oxygens (including phenoxy) is 4. The van der Waals surface area contributed by atoms with Crippen molar-refractivity contribution < 1.29 is 54.4 Å². The highest BCUT2D eigenvalue weighted by molar-refractivity contribution is 5.80. The van der Waals surface area contributed by atoms with Crippen LogP contribution >= 0.6 is 0 Å². The van der Waals surface area contributed by atoms with E-state index in [2.05, 4.69) is 5.32 Å². The Balaban J connectivity index is 1.83. The topological polar surface area (TPSA) is 317 Å². The van der Waals surface area contributed by atoms with Crippen molar-refractivity contribution >= 4 is 5.91 Å². The SMILES string of the molecule is NCC[C@H](O)C(=O)N[C@H]1C[C@@H](N)[C@H](O[C@@H]2O[C@H](CN)[C@H](O)C[C@H]2N)[C@H](O)[C@@H]1O[C@H]1O[C@H](CO)[C@H](O)[C@@H](N)[C@H]1O. The molecule has 0 aromatic heterocycles. The van der Waals surface area contributed by atoms with Crippen molar-refractivity contribution in [2.75, 3.05) is 19.7 Å². The standard InChI is InChI=1S/C22H44N6O11/c23-2-1-10(30)20(35)28-9-3-7(25)18(38-21-8(26)4-11(31)12(5-24)36-21)17(34)19(9)39-22-16(33)14(27)15(32)13(6-29)37-22/h7-19,21-22,29-34H,1-6,23-27H2,(H,28,35)/t7-,8-,9+,10+,11-,12-,13-,14-,15+,16-,17+,18+,19-,21+,22-/m1/s1. The van der Waals surface area contributed by atoms with Crippen molar-refractivity contribution in [3.63, 3.8) is 0 Å². The van der Waals surface area contributed by atoms with E-state index >= 15 is 0 Å². The Morgan fingerprint density at radius 2 is 1.54 bits per heavy atom.